The Balaban J connectivity index is 1.47. The first-order valence-electron chi connectivity index (χ1n) is 10.5. The second-order valence-electron chi connectivity index (χ2n) is 7.78. The van der Waals surface area contributed by atoms with Crippen LogP contribution in [-0.4, -0.2) is 21.2 Å². The third kappa shape index (κ3) is 4.14. The van der Waals surface area contributed by atoms with Gasteiger partial charge in [-0.2, -0.15) is 0 Å². The van der Waals surface area contributed by atoms with Crippen LogP contribution in [0.1, 0.15) is 17.5 Å². The first kappa shape index (κ1) is 21.3. The summed E-state index contributed by atoms with van der Waals surface area (Å²) in [6, 6.07) is 15.9. The molecule has 33 heavy (non-hydrogen) atoms. The predicted octanol–water partition coefficient (Wildman–Crippen LogP) is 4.88. The minimum atomic E-state index is -1.07. The van der Waals surface area contributed by atoms with E-state index in [9.17, 15) is 18.4 Å². The maximum absolute atomic E-state index is 13.9. The quantitative estimate of drug-likeness (QED) is 0.338. The van der Waals surface area contributed by atoms with E-state index < -0.39 is 17.2 Å². The van der Waals surface area contributed by atoms with Gasteiger partial charge in [-0.05, 0) is 60.7 Å². The van der Waals surface area contributed by atoms with Crippen molar-refractivity contribution in [3.63, 3.8) is 0 Å². The third-order valence-corrected chi connectivity index (χ3v) is 6.60. The van der Waals surface area contributed by atoms with Crippen molar-refractivity contribution in [2.75, 3.05) is 11.1 Å². The summed E-state index contributed by atoms with van der Waals surface area (Å²) in [7, 11) is 0. The summed E-state index contributed by atoms with van der Waals surface area (Å²) < 4.78 is 28.6. The second kappa shape index (κ2) is 8.78. The lowest BCUT2D eigenvalue weighted by molar-refractivity contribution is -0.113. The number of anilines is 1. The van der Waals surface area contributed by atoms with Gasteiger partial charge in [-0.15, -0.1) is 0 Å². The highest BCUT2D eigenvalue weighted by Gasteiger charge is 2.18. The van der Waals surface area contributed by atoms with Gasteiger partial charge in [0.05, 0.1) is 22.3 Å². The van der Waals surface area contributed by atoms with Crippen LogP contribution >= 0.6 is 11.8 Å². The molecule has 1 amide bonds. The number of hydrogen-bond donors (Lipinski definition) is 1. The molecule has 166 valence electrons. The van der Waals surface area contributed by atoms with E-state index in [-0.39, 0.29) is 22.5 Å². The molecule has 5 nitrogen and oxygen atoms in total. The number of halogens is 2. The van der Waals surface area contributed by atoms with E-state index in [1.165, 1.54) is 21.8 Å². The fourth-order valence-corrected chi connectivity index (χ4v) is 4.93. The molecule has 0 aliphatic heterocycles. The Bertz CT molecular complexity index is 1450. The average Bonchev–Trinajstić information content (AvgIpc) is 3.30. The van der Waals surface area contributed by atoms with Crippen molar-refractivity contribution in [1.29, 1.82) is 0 Å². The minimum Gasteiger partial charge on any atom is -0.325 e. The molecule has 1 aliphatic rings. The lowest BCUT2D eigenvalue weighted by Gasteiger charge is -2.14. The number of aryl methyl sites for hydroxylation is 1. The Morgan fingerprint density at radius 2 is 1.88 bits per heavy atom. The number of carbonyl (C=O) groups is 1. The second-order valence-corrected chi connectivity index (χ2v) is 8.73. The fourth-order valence-electron chi connectivity index (χ4n) is 4.11. The number of hydrogen-bond acceptors (Lipinski definition) is 4. The summed E-state index contributed by atoms with van der Waals surface area (Å²) in [5.74, 6) is -2.32. The number of rotatable bonds is 5. The van der Waals surface area contributed by atoms with Gasteiger partial charge in [0.25, 0.3) is 5.56 Å². The van der Waals surface area contributed by atoms with Gasteiger partial charge in [-0.3, -0.25) is 14.2 Å². The highest BCUT2D eigenvalue weighted by Crippen LogP contribution is 2.29. The topological polar surface area (TPSA) is 64.0 Å². The molecule has 1 aromatic heterocycles. The number of fused-ring (bicyclic) bond motifs is 2. The van der Waals surface area contributed by atoms with Gasteiger partial charge in [0.2, 0.25) is 5.91 Å². The van der Waals surface area contributed by atoms with E-state index in [4.69, 9.17) is 0 Å². The monoisotopic (exact) mass is 463 g/mol. The van der Waals surface area contributed by atoms with E-state index in [1.807, 2.05) is 12.1 Å². The van der Waals surface area contributed by atoms with Crippen LogP contribution in [0.2, 0.25) is 0 Å². The van der Waals surface area contributed by atoms with Gasteiger partial charge >= 0.3 is 0 Å². The van der Waals surface area contributed by atoms with Gasteiger partial charge in [-0.1, -0.05) is 36.0 Å². The summed E-state index contributed by atoms with van der Waals surface area (Å²) in [5, 5.41) is 3.52. The van der Waals surface area contributed by atoms with Crippen molar-refractivity contribution in [2.45, 2.75) is 24.4 Å². The van der Waals surface area contributed by atoms with Crippen LogP contribution in [-0.2, 0) is 17.6 Å². The van der Waals surface area contributed by atoms with Crippen LogP contribution in [0.5, 0.6) is 0 Å². The molecule has 4 aromatic rings. The van der Waals surface area contributed by atoms with Crippen LogP contribution in [0.3, 0.4) is 0 Å². The van der Waals surface area contributed by atoms with Gasteiger partial charge < -0.3 is 5.32 Å². The molecule has 1 aliphatic carbocycles. The smallest absolute Gasteiger partial charge is 0.266 e. The van der Waals surface area contributed by atoms with Crippen molar-refractivity contribution in [3.8, 4) is 5.69 Å². The predicted molar refractivity (Wildman–Crippen MR) is 125 cm³/mol. The number of nitrogens with zero attached hydrogens (tertiary/aromatic N) is 2. The molecule has 8 heteroatoms. The maximum atomic E-state index is 13.9. The molecule has 5 rings (SSSR count). The molecule has 0 saturated carbocycles. The van der Waals surface area contributed by atoms with E-state index in [2.05, 4.69) is 16.4 Å². The third-order valence-electron chi connectivity index (χ3n) is 5.66. The summed E-state index contributed by atoms with van der Waals surface area (Å²) in [4.78, 5) is 30.5. The lowest BCUT2D eigenvalue weighted by Crippen LogP contribution is -2.23. The van der Waals surface area contributed by atoms with Crippen LogP contribution < -0.4 is 10.9 Å². The Kier molecular flexibility index (Phi) is 5.68. The first-order valence-corrected chi connectivity index (χ1v) is 11.5. The summed E-state index contributed by atoms with van der Waals surface area (Å²) in [6.07, 6.45) is 3.01. The van der Waals surface area contributed by atoms with Crippen LogP contribution in [0, 0.1) is 11.6 Å². The fraction of sp³-hybridized carbons (Fsp3) is 0.160. The standard InChI is InChI=1S/C25H19F2N3O2S/c26-19-12-11-16(13-20(19)27)30-24(32)18-7-1-2-9-22(18)29-25(30)33-14-23(31)28-21-10-4-6-15-5-3-8-17(15)21/h1-2,4,6-7,9-13H,3,5,8,14H2,(H,28,31). The number of thioether (sulfide) groups is 1. The number of nitrogens with one attached hydrogen (secondary N) is 1. The molecular formula is C25H19F2N3O2S. The molecular weight excluding hydrogens is 444 g/mol. The van der Waals surface area contributed by atoms with Crippen molar-refractivity contribution in [1.82, 2.24) is 9.55 Å². The molecule has 0 radical (unpaired) electrons. The first-order chi connectivity index (χ1) is 16.0. The molecule has 0 bridgehead atoms. The Morgan fingerprint density at radius 1 is 1.03 bits per heavy atom. The van der Waals surface area contributed by atoms with E-state index in [1.54, 1.807) is 24.3 Å². The average molecular weight is 464 g/mol. The van der Waals surface area contributed by atoms with Gasteiger partial charge in [-0.25, -0.2) is 13.8 Å². The number of amides is 1. The van der Waals surface area contributed by atoms with Gasteiger partial charge in [0.1, 0.15) is 0 Å². The Labute approximate surface area is 192 Å². The SMILES string of the molecule is O=C(CSc1nc2ccccc2c(=O)n1-c1ccc(F)c(F)c1)Nc1cccc2c1CCC2. The summed E-state index contributed by atoms with van der Waals surface area (Å²) >= 11 is 1.07. The van der Waals surface area contributed by atoms with Gasteiger partial charge in [0.15, 0.2) is 16.8 Å². The van der Waals surface area contributed by atoms with Crippen molar-refractivity contribution >= 4 is 34.3 Å². The molecule has 0 fully saturated rings. The van der Waals surface area contributed by atoms with Crippen LogP contribution in [0.25, 0.3) is 16.6 Å². The highest BCUT2D eigenvalue weighted by molar-refractivity contribution is 7.99. The van der Waals surface area contributed by atoms with E-state index >= 15 is 0 Å². The minimum absolute atomic E-state index is 0.00186. The lowest BCUT2D eigenvalue weighted by atomic mass is 10.1. The Hall–Kier alpha value is -3.52. The molecule has 0 saturated heterocycles. The molecule has 1 heterocycles. The zero-order valence-corrected chi connectivity index (χ0v) is 18.3. The largest absolute Gasteiger partial charge is 0.325 e. The summed E-state index contributed by atoms with van der Waals surface area (Å²) in [5.41, 5.74) is 3.41. The number of aromatic nitrogens is 2. The number of benzene rings is 3. The van der Waals surface area contributed by atoms with Gasteiger partial charge in [0, 0.05) is 11.8 Å². The van der Waals surface area contributed by atoms with Crippen LogP contribution in [0.15, 0.2) is 70.6 Å². The van der Waals surface area contributed by atoms with Crippen molar-refractivity contribution < 1.29 is 13.6 Å². The molecule has 0 atom stereocenters. The van der Waals surface area contributed by atoms with E-state index in [0.717, 1.165) is 48.8 Å². The number of carbonyl (C=O) groups excluding carboxylic acids is 1. The Morgan fingerprint density at radius 3 is 2.73 bits per heavy atom. The van der Waals surface area contributed by atoms with Crippen LogP contribution in [0.4, 0.5) is 14.5 Å². The zero-order valence-electron chi connectivity index (χ0n) is 17.5. The number of para-hydroxylation sites is 1. The molecule has 0 spiro atoms. The molecule has 0 unspecified atom stereocenters. The maximum Gasteiger partial charge on any atom is 0.266 e. The molecule has 3 aromatic carbocycles. The normalized spacial score (nSPS) is 12.7. The van der Waals surface area contributed by atoms with Crippen molar-refractivity contribution in [2.24, 2.45) is 0 Å². The molecule has 1 N–H and O–H groups in total. The van der Waals surface area contributed by atoms with Crippen molar-refractivity contribution in [3.05, 3.63) is 93.8 Å². The highest BCUT2D eigenvalue weighted by atomic mass is 32.2. The zero-order chi connectivity index (χ0) is 22.9. The summed E-state index contributed by atoms with van der Waals surface area (Å²) in [6.45, 7) is 0. The van der Waals surface area contributed by atoms with E-state index in [0.29, 0.717) is 10.9 Å².